The third-order valence-corrected chi connectivity index (χ3v) is 5.52. The Bertz CT molecular complexity index is 1140. The van der Waals surface area contributed by atoms with Crippen LogP contribution in [0.15, 0.2) is 65.8 Å². The highest BCUT2D eigenvalue weighted by Gasteiger charge is 2.20. The Morgan fingerprint density at radius 1 is 1.00 bits per heavy atom. The predicted molar refractivity (Wildman–Crippen MR) is 120 cm³/mol. The van der Waals surface area contributed by atoms with E-state index in [2.05, 4.69) is 41.4 Å². The normalized spacial score (nSPS) is 12.8. The van der Waals surface area contributed by atoms with E-state index in [4.69, 9.17) is 0 Å². The molecule has 0 spiro atoms. The number of aryl methyl sites for hydroxylation is 2. The lowest BCUT2D eigenvalue weighted by Gasteiger charge is -2.17. The molecule has 1 aliphatic rings. The van der Waals surface area contributed by atoms with Gasteiger partial charge in [0.15, 0.2) is 0 Å². The van der Waals surface area contributed by atoms with E-state index in [0.717, 1.165) is 18.8 Å². The van der Waals surface area contributed by atoms with Crippen LogP contribution >= 0.6 is 0 Å². The van der Waals surface area contributed by atoms with Crippen LogP contribution in [-0.4, -0.2) is 17.0 Å². The Labute approximate surface area is 180 Å². The van der Waals surface area contributed by atoms with Gasteiger partial charge in [0.05, 0.1) is 11.1 Å². The molecule has 7 heteroatoms. The Morgan fingerprint density at radius 2 is 1.58 bits per heavy atom. The molecule has 0 radical (unpaired) electrons. The summed E-state index contributed by atoms with van der Waals surface area (Å²) in [6.45, 7) is 5.99. The van der Waals surface area contributed by atoms with Crippen LogP contribution in [0.2, 0.25) is 0 Å². The Hall–Kier alpha value is -4.00. The number of benzene rings is 3. The van der Waals surface area contributed by atoms with Crippen molar-refractivity contribution < 1.29 is 9.72 Å². The standard InChI is InChI=1S/C24H22N4O3/c1-16-11-20-14-27(15-21(20)12-17(16)2)22-9-5-19(6-10-22)24(29)26-25-13-18-3-7-23(8-4-18)28(30)31/h3-13H,14-15H2,1-2H3,(H,26,29)/b25-13-. The molecule has 0 saturated carbocycles. The fourth-order valence-electron chi connectivity index (χ4n) is 3.62. The zero-order chi connectivity index (χ0) is 22.0. The van der Waals surface area contributed by atoms with Crippen LogP contribution in [0.1, 0.15) is 38.2 Å². The molecule has 31 heavy (non-hydrogen) atoms. The number of carbonyl (C=O) groups is 1. The summed E-state index contributed by atoms with van der Waals surface area (Å²) in [5.74, 6) is -0.319. The first-order valence-corrected chi connectivity index (χ1v) is 9.92. The van der Waals surface area contributed by atoms with Crippen molar-refractivity contribution in [1.29, 1.82) is 0 Å². The van der Waals surface area contributed by atoms with Gasteiger partial charge in [0.25, 0.3) is 11.6 Å². The minimum atomic E-state index is -0.463. The van der Waals surface area contributed by atoms with Gasteiger partial charge < -0.3 is 4.90 Å². The fourth-order valence-corrected chi connectivity index (χ4v) is 3.62. The molecule has 0 fully saturated rings. The third-order valence-electron chi connectivity index (χ3n) is 5.52. The average Bonchev–Trinajstić information content (AvgIpc) is 3.17. The summed E-state index contributed by atoms with van der Waals surface area (Å²) in [5.41, 5.74) is 10.0. The lowest BCUT2D eigenvalue weighted by molar-refractivity contribution is -0.384. The molecule has 1 amide bonds. The lowest BCUT2D eigenvalue weighted by Crippen LogP contribution is -2.18. The van der Waals surface area contributed by atoms with Crippen LogP contribution in [0.5, 0.6) is 0 Å². The number of fused-ring (bicyclic) bond motifs is 1. The number of non-ortho nitro benzene ring substituents is 1. The van der Waals surface area contributed by atoms with E-state index in [0.29, 0.717) is 11.1 Å². The molecule has 0 atom stereocenters. The highest BCUT2D eigenvalue weighted by atomic mass is 16.6. The number of carbonyl (C=O) groups excluding carboxylic acids is 1. The number of hydrazone groups is 1. The van der Waals surface area contributed by atoms with E-state index in [9.17, 15) is 14.9 Å². The average molecular weight is 414 g/mol. The van der Waals surface area contributed by atoms with Crippen molar-refractivity contribution >= 4 is 23.5 Å². The number of amides is 1. The SMILES string of the molecule is Cc1cc2c(cc1C)CN(c1ccc(C(=O)N/N=C\c3ccc([N+](=O)[O-])cc3)cc1)C2. The van der Waals surface area contributed by atoms with E-state index in [1.807, 2.05) is 12.1 Å². The Morgan fingerprint density at radius 3 is 2.13 bits per heavy atom. The van der Waals surface area contributed by atoms with Crippen molar-refractivity contribution in [2.45, 2.75) is 26.9 Å². The number of anilines is 1. The summed E-state index contributed by atoms with van der Waals surface area (Å²) in [5, 5.41) is 14.6. The van der Waals surface area contributed by atoms with E-state index in [-0.39, 0.29) is 11.6 Å². The number of nitro benzene ring substituents is 1. The minimum Gasteiger partial charge on any atom is -0.363 e. The van der Waals surface area contributed by atoms with Gasteiger partial charge in [-0.05, 0) is 78.1 Å². The number of nitro groups is 1. The van der Waals surface area contributed by atoms with E-state index in [1.54, 1.807) is 24.3 Å². The van der Waals surface area contributed by atoms with Gasteiger partial charge in [0.2, 0.25) is 0 Å². The molecule has 0 aromatic heterocycles. The van der Waals surface area contributed by atoms with Crippen LogP contribution in [0, 0.1) is 24.0 Å². The van der Waals surface area contributed by atoms with Crippen molar-refractivity contribution in [3.63, 3.8) is 0 Å². The van der Waals surface area contributed by atoms with Gasteiger partial charge in [-0.15, -0.1) is 0 Å². The number of hydrogen-bond acceptors (Lipinski definition) is 5. The van der Waals surface area contributed by atoms with Gasteiger partial charge in [0, 0.05) is 36.5 Å². The molecule has 0 bridgehead atoms. The van der Waals surface area contributed by atoms with Crippen LogP contribution in [0.3, 0.4) is 0 Å². The summed E-state index contributed by atoms with van der Waals surface area (Å²) < 4.78 is 0. The zero-order valence-corrected chi connectivity index (χ0v) is 17.3. The first kappa shape index (κ1) is 20.3. The van der Waals surface area contributed by atoms with E-state index in [1.165, 1.54) is 40.6 Å². The summed E-state index contributed by atoms with van der Waals surface area (Å²) in [6.07, 6.45) is 1.45. The molecule has 3 aromatic carbocycles. The first-order valence-electron chi connectivity index (χ1n) is 9.92. The van der Waals surface area contributed by atoms with Gasteiger partial charge >= 0.3 is 0 Å². The van der Waals surface area contributed by atoms with Crippen LogP contribution in [0.25, 0.3) is 0 Å². The smallest absolute Gasteiger partial charge is 0.271 e. The molecule has 1 aliphatic heterocycles. The zero-order valence-electron chi connectivity index (χ0n) is 17.3. The van der Waals surface area contributed by atoms with Crippen molar-refractivity contribution in [3.8, 4) is 0 Å². The molecule has 0 unspecified atom stereocenters. The van der Waals surface area contributed by atoms with Gasteiger partial charge in [-0.3, -0.25) is 14.9 Å². The molecule has 0 saturated heterocycles. The number of hydrogen-bond donors (Lipinski definition) is 1. The fraction of sp³-hybridized carbons (Fsp3) is 0.167. The summed E-state index contributed by atoms with van der Waals surface area (Å²) in [7, 11) is 0. The van der Waals surface area contributed by atoms with Crippen molar-refractivity contribution in [2.24, 2.45) is 5.10 Å². The number of rotatable bonds is 5. The largest absolute Gasteiger partial charge is 0.363 e. The first-order chi connectivity index (χ1) is 14.9. The molecule has 4 rings (SSSR count). The molecule has 7 nitrogen and oxygen atoms in total. The van der Waals surface area contributed by atoms with Crippen LogP contribution in [0.4, 0.5) is 11.4 Å². The number of nitrogens with zero attached hydrogens (tertiary/aromatic N) is 3. The quantitative estimate of drug-likeness (QED) is 0.378. The van der Waals surface area contributed by atoms with Crippen LogP contribution in [-0.2, 0) is 13.1 Å². The summed E-state index contributed by atoms with van der Waals surface area (Å²) in [4.78, 5) is 24.8. The molecule has 1 N–H and O–H groups in total. The molecule has 1 heterocycles. The maximum Gasteiger partial charge on any atom is 0.271 e. The maximum atomic E-state index is 12.3. The Kier molecular flexibility index (Phi) is 5.49. The molecular formula is C24H22N4O3. The van der Waals surface area contributed by atoms with Gasteiger partial charge in [-0.2, -0.15) is 5.10 Å². The Balaban J connectivity index is 1.37. The maximum absolute atomic E-state index is 12.3. The molecule has 0 aliphatic carbocycles. The van der Waals surface area contributed by atoms with Gasteiger partial charge in [0.1, 0.15) is 0 Å². The second kappa shape index (κ2) is 8.39. The third kappa shape index (κ3) is 4.45. The lowest BCUT2D eigenvalue weighted by atomic mass is 10.0. The number of nitrogens with one attached hydrogen (secondary N) is 1. The molecule has 3 aromatic rings. The topological polar surface area (TPSA) is 87.8 Å². The molecule has 156 valence electrons. The second-order valence-corrected chi connectivity index (χ2v) is 7.66. The highest BCUT2D eigenvalue weighted by Crippen LogP contribution is 2.30. The summed E-state index contributed by atoms with van der Waals surface area (Å²) >= 11 is 0. The van der Waals surface area contributed by atoms with Gasteiger partial charge in [-0.1, -0.05) is 12.1 Å². The van der Waals surface area contributed by atoms with Crippen molar-refractivity contribution in [2.75, 3.05) is 4.90 Å². The van der Waals surface area contributed by atoms with E-state index >= 15 is 0 Å². The van der Waals surface area contributed by atoms with Crippen LogP contribution < -0.4 is 10.3 Å². The van der Waals surface area contributed by atoms with E-state index < -0.39 is 4.92 Å². The predicted octanol–water partition coefficient (Wildman–Crippen LogP) is 4.50. The minimum absolute atomic E-state index is 0.00708. The van der Waals surface area contributed by atoms with Crippen molar-refractivity contribution in [3.05, 3.63) is 104 Å². The molecular weight excluding hydrogens is 392 g/mol. The summed E-state index contributed by atoms with van der Waals surface area (Å²) in [6, 6.07) is 17.9. The van der Waals surface area contributed by atoms with Crippen molar-refractivity contribution in [1.82, 2.24) is 5.43 Å². The monoisotopic (exact) mass is 414 g/mol. The highest BCUT2D eigenvalue weighted by molar-refractivity contribution is 5.95. The second-order valence-electron chi connectivity index (χ2n) is 7.66. The van der Waals surface area contributed by atoms with Gasteiger partial charge in [-0.25, -0.2) is 5.43 Å².